The highest BCUT2D eigenvalue weighted by Gasteiger charge is 2.25. The molecule has 0 spiro atoms. The minimum Gasteiger partial charge on any atom is -0.369 e. The Morgan fingerprint density at radius 1 is 1.58 bits per heavy atom. The number of amides is 1. The molecule has 0 fully saturated rings. The van der Waals surface area contributed by atoms with Crippen molar-refractivity contribution in [3.8, 4) is 0 Å². The molecule has 0 aliphatic heterocycles. The van der Waals surface area contributed by atoms with Crippen molar-refractivity contribution >= 4 is 5.91 Å². The zero-order valence-corrected chi connectivity index (χ0v) is 6.66. The summed E-state index contributed by atoms with van der Waals surface area (Å²) in [4.78, 5) is 15.0. The highest BCUT2D eigenvalue weighted by Crippen LogP contribution is 2.23. The van der Waals surface area contributed by atoms with Crippen molar-refractivity contribution in [3.63, 3.8) is 0 Å². The lowest BCUT2D eigenvalue weighted by Gasteiger charge is -1.99. The van der Waals surface area contributed by atoms with Crippen molar-refractivity contribution < 1.29 is 4.79 Å². The molecule has 1 aliphatic carbocycles. The molecule has 3 nitrogen and oxygen atoms in total. The van der Waals surface area contributed by atoms with Crippen molar-refractivity contribution in [2.24, 2.45) is 11.7 Å². The Kier molecular flexibility index (Phi) is 1.57. The zero-order valence-electron chi connectivity index (χ0n) is 6.66. The zero-order chi connectivity index (χ0) is 8.55. The molecule has 3 heteroatoms. The summed E-state index contributed by atoms with van der Waals surface area (Å²) in [5.74, 6) is -0.247. The highest BCUT2D eigenvalue weighted by molar-refractivity contribution is 5.78. The summed E-state index contributed by atoms with van der Waals surface area (Å²) in [6, 6.07) is 3.90. The van der Waals surface area contributed by atoms with Crippen LogP contribution >= 0.6 is 0 Å². The van der Waals surface area contributed by atoms with Gasteiger partial charge in [-0.15, -0.1) is 0 Å². The van der Waals surface area contributed by atoms with Crippen LogP contribution in [0.25, 0.3) is 0 Å². The third-order valence-electron chi connectivity index (χ3n) is 2.29. The van der Waals surface area contributed by atoms with Crippen LogP contribution in [0.15, 0.2) is 18.3 Å². The number of nitrogens with zero attached hydrogens (tertiary/aromatic N) is 1. The normalized spacial score (nSPS) is 20.5. The Balaban J connectivity index is 2.27. The number of carbonyl (C=O) groups excluding carboxylic acids is 1. The lowest BCUT2D eigenvalue weighted by atomic mass is 10.1. The van der Waals surface area contributed by atoms with Gasteiger partial charge in [0.25, 0.3) is 0 Å². The van der Waals surface area contributed by atoms with Crippen LogP contribution < -0.4 is 5.73 Å². The third-order valence-corrected chi connectivity index (χ3v) is 2.29. The van der Waals surface area contributed by atoms with Gasteiger partial charge in [0.15, 0.2) is 0 Å². The fourth-order valence-electron chi connectivity index (χ4n) is 1.61. The number of nitrogens with two attached hydrogens (primary N) is 1. The smallest absolute Gasteiger partial charge is 0.221 e. The first-order valence-corrected chi connectivity index (χ1v) is 3.99. The number of hydrogen-bond donors (Lipinski definition) is 1. The Bertz CT molecular complexity index is 297. The van der Waals surface area contributed by atoms with E-state index in [1.165, 1.54) is 5.56 Å². The van der Waals surface area contributed by atoms with E-state index in [0.29, 0.717) is 6.42 Å². The number of carbonyl (C=O) groups is 1. The van der Waals surface area contributed by atoms with Crippen molar-refractivity contribution in [1.29, 1.82) is 0 Å². The van der Waals surface area contributed by atoms with E-state index in [1.54, 1.807) is 6.20 Å². The second kappa shape index (κ2) is 2.59. The topological polar surface area (TPSA) is 56.0 Å². The molecule has 1 aromatic rings. The second-order valence-corrected chi connectivity index (χ2v) is 3.12. The van der Waals surface area contributed by atoms with Gasteiger partial charge in [-0.25, -0.2) is 0 Å². The predicted octanol–water partition coefficient (Wildman–Crippen LogP) is 0.282. The number of hydrogen-bond acceptors (Lipinski definition) is 2. The molecular formula is C9H10N2O. The van der Waals surface area contributed by atoms with E-state index in [2.05, 4.69) is 4.98 Å². The van der Waals surface area contributed by atoms with Gasteiger partial charge in [-0.3, -0.25) is 9.78 Å². The average Bonchev–Trinajstić information content (AvgIpc) is 2.46. The van der Waals surface area contributed by atoms with Crippen LogP contribution in [0.1, 0.15) is 11.3 Å². The lowest BCUT2D eigenvalue weighted by molar-refractivity contribution is -0.121. The van der Waals surface area contributed by atoms with Gasteiger partial charge in [0, 0.05) is 24.2 Å². The van der Waals surface area contributed by atoms with Gasteiger partial charge < -0.3 is 5.73 Å². The summed E-state index contributed by atoms with van der Waals surface area (Å²) in [7, 11) is 0. The predicted molar refractivity (Wildman–Crippen MR) is 44.3 cm³/mol. The Morgan fingerprint density at radius 3 is 3.08 bits per heavy atom. The van der Waals surface area contributed by atoms with E-state index in [1.807, 2.05) is 12.1 Å². The maximum Gasteiger partial charge on any atom is 0.221 e. The number of primary amides is 1. The molecule has 12 heavy (non-hydrogen) atoms. The van der Waals surface area contributed by atoms with E-state index in [9.17, 15) is 4.79 Å². The lowest BCUT2D eigenvalue weighted by Crippen LogP contribution is -2.23. The van der Waals surface area contributed by atoms with Crippen LogP contribution in [0, 0.1) is 5.92 Å². The maximum atomic E-state index is 10.9. The van der Waals surface area contributed by atoms with Gasteiger partial charge in [-0.05, 0) is 18.1 Å². The molecular weight excluding hydrogens is 152 g/mol. The van der Waals surface area contributed by atoms with Crippen LogP contribution in [-0.4, -0.2) is 10.9 Å². The molecule has 0 saturated heterocycles. The molecule has 1 amide bonds. The second-order valence-electron chi connectivity index (χ2n) is 3.12. The summed E-state index contributed by atoms with van der Waals surface area (Å²) < 4.78 is 0. The number of rotatable bonds is 1. The van der Waals surface area contributed by atoms with Gasteiger partial charge in [0.05, 0.1) is 0 Å². The summed E-state index contributed by atoms with van der Waals surface area (Å²) in [6.45, 7) is 0. The van der Waals surface area contributed by atoms with Gasteiger partial charge in [0.1, 0.15) is 0 Å². The van der Waals surface area contributed by atoms with Crippen LogP contribution in [0.4, 0.5) is 0 Å². The highest BCUT2D eigenvalue weighted by atomic mass is 16.1. The first kappa shape index (κ1) is 7.28. The SMILES string of the molecule is NC(=O)[C@H]1Cc2cccnc2C1. The standard InChI is InChI=1S/C9H10N2O/c10-9(12)7-4-6-2-1-3-11-8(6)5-7/h1-3,7H,4-5H2,(H2,10,12)/t7-/m0/s1. The van der Waals surface area contributed by atoms with Crippen LogP contribution in [-0.2, 0) is 17.6 Å². The molecule has 0 radical (unpaired) electrons. The molecule has 1 atom stereocenters. The monoisotopic (exact) mass is 162 g/mol. The average molecular weight is 162 g/mol. The molecule has 2 N–H and O–H groups in total. The molecule has 0 bridgehead atoms. The van der Waals surface area contributed by atoms with Crippen LogP contribution in [0.5, 0.6) is 0 Å². The minimum atomic E-state index is -0.215. The van der Waals surface area contributed by atoms with Crippen LogP contribution in [0.2, 0.25) is 0 Å². The molecule has 1 aromatic heterocycles. The van der Waals surface area contributed by atoms with Crippen molar-refractivity contribution in [2.45, 2.75) is 12.8 Å². The van der Waals surface area contributed by atoms with E-state index in [4.69, 9.17) is 5.73 Å². The molecule has 1 aliphatic rings. The maximum absolute atomic E-state index is 10.9. The fraction of sp³-hybridized carbons (Fsp3) is 0.333. The van der Waals surface area contributed by atoms with Crippen LogP contribution in [0.3, 0.4) is 0 Å². The Morgan fingerprint density at radius 2 is 2.42 bits per heavy atom. The van der Waals surface area contributed by atoms with E-state index < -0.39 is 0 Å². The largest absolute Gasteiger partial charge is 0.369 e. The molecule has 1 heterocycles. The number of aromatic nitrogens is 1. The number of pyridine rings is 1. The quantitative estimate of drug-likeness (QED) is 0.645. The van der Waals surface area contributed by atoms with E-state index in [0.717, 1.165) is 12.1 Å². The Hall–Kier alpha value is -1.38. The summed E-state index contributed by atoms with van der Waals surface area (Å²) in [5.41, 5.74) is 7.41. The van der Waals surface area contributed by atoms with E-state index in [-0.39, 0.29) is 11.8 Å². The van der Waals surface area contributed by atoms with E-state index >= 15 is 0 Å². The number of fused-ring (bicyclic) bond motifs is 1. The van der Waals surface area contributed by atoms with Gasteiger partial charge >= 0.3 is 0 Å². The molecule has 0 unspecified atom stereocenters. The van der Waals surface area contributed by atoms with Gasteiger partial charge in [0.2, 0.25) is 5.91 Å². The molecule has 0 saturated carbocycles. The summed E-state index contributed by atoms with van der Waals surface area (Å²) in [5, 5.41) is 0. The fourth-order valence-corrected chi connectivity index (χ4v) is 1.61. The van der Waals surface area contributed by atoms with Crippen molar-refractivity contribution in [3.05, 3.63) is 29.6 Å². The molecule has 62 valence electrons. The van der Waals surface area contributed by atoms with Crippen molar-refractivity contribution in [1.82, 2.24) is 4.98 Å². The summed E-state index contributed by atoms with van der Waals surface area (Å²) in [6.07, 6.45) is 3.23. The molecule has 2 rings (SSSR count). The first-order valence-electron chi connectivity index (χ1n) is 3.99. The summed E-state index contributed by atoms with van der Waals surface area (Å²) >= 11 is 0. The Labute approximate surface area is 70.6 Å². The van der Waals surface area contributed by atoms with Gasteiger partial charge in [-0.1, -0.05) is 6.07 Å². The first-order chi connectivity index (χ1) is 5.77. The van der Waals surface area contributed by atoms with Gasteiger partial charge in [-0.2, -0.15) is 0 Å². The minimum absolute atomic E-state index is 0.0325. The third kappa shape index (κ3) is 1.07. The van der Waals surface area contributed by atoms with Crippen molar-refractivity contribution in [2.75, 3.05) is 0 Å². The molecule has 0 aromatic carbocycles.